The minimum atomic E-state index is -0.669. The van der Waals surface area contributed by atoms with Gasteiger partial charge >= 0.3 is 6.03 Å². The largest absolute Gasteiger partial charge is 0.334 e. The lowest BCUT2D eigenvalue weighted by molar-refractivity contribution is -0.143. The van der Waals surface area contributed by atoms with E-state index in [4.69, 9.17) is 0 Å². The lowest BCUT2D eigenvalue weighted by Gasteiger charge is -2.37. The SMILES string of the molecule is CC(C)(C)C(=O)N1CC2CC1[C@H]1C(=O)N(c3cnc(C#N)c4ccccc34)C(=O)N21. The summed E-state index contributed by atoms with van der Waals surface area (Å²) in [5, 5.41) is 10.6. The summed E-state index contributed by atoms with van der Waals surface area (Å²) in [6.45, 7) is 6.04. The van der Waals surface area contributed by atoms with Gasteiger partial charge in [0, 0.05) is 22.7 Å². The molecule has 5 rings (SSSR count). The van der Waals surface area contributed by atoms with Gasteiger partial charge in [0.25, 0.3) is 5.91 Å². The van der Waals surface area contributed by atoms with Crippen LogP contribution in [-0.4, -0.2) is 57.3 Å². The van der Waals surface area contributed by atoms with Gasteiger partial charge in [-0.05, 0) is 6.42 Å². The number of hydrogen-bond donors (Lipinski definition) is 0. The number of nitrogens with zero attached hydrogens (tertiary/aromatic N) is 5. The quantitative estimate of drug-likeness (QED) is 0.681. The number of aromatic nitrogens is 1. The van der Waals surface area contributed by atoms with Crippen molar-refractivity contribution in [1.29, 1.82) is 5.26 Å². The van der Waals surface area contributed by atoms with E-state index in [1.807, 2.05) is 20.8 Å². The number of hydrogen-bond acceptors (Lipinski definition) is 5. The van der Waals surface area contributed by atoms with Crippen molar-refractivity contribution in [2.45, 2.75) is 45.3 Å². The fourth-order valence-electron chi connectivity index (χ4n) is 4.99. The van der Waals surface area contributed by atoms with Crippen LogP contribution in [0.1, 0.15) is 32.9 Å². The summed E-state index contributed by atoms with van der Waals surface area (Å²) in [6.07, 6.45) is 2.04. The van der Waals surface area contributed by atoms with Gasteiger partial charge in [0.05, 0.1) is 24.0 Å². The van der Waals surface area contributed by atoms with Crippen LogP contribution in [0.3, 0.4) is 0 Å². The second-order valence-corrected chi connectivity index (χ2v) is 9.12. The highest BCUT2D eigenvalue weighted by atomic mass is 16.2. The predicted molar refractivity (Wildman–Crippen MR) is 108 cm³/mol. The topological polar surface area (TPSA) is 97.6 Å². The van der Waals surface area contributed by atoms with Gasteiger partial charge in [-0.1, -0.05) is 45.0 Å². The molecular formula is C22H21N5O3. The summed E-state index contributed by atoms with van der Waals surface area (Å²) in [4.78, 5) is 48.4. The summed E-state index contributed by atoms with van der Waals surface area (Å²) in [6, 6.07) is 7.66. The van der Waals surface area contributed by atoms with Crippen molar-refractivity contribution in [3.05, 3.63) is 36.2 Å². The average molecular weight is 403 g/mol. The minimum absolute atomic E-state index is 0.00108. The van der Waals surface area contributed by atoms with Gasteiger partial charge in [-0.25, -0.2) is 14.7 Å². The Morgan fingerprint density at radius 3 is 2.57 bits per heavy atom. The molecule has 4 amide bonds. The van der Waals surface area contributed by atoms with Crippen LogP contribution in [0.2, 0.25) is 0 Å². The predicted octanol–water partition coefficient (Wildman–Crippen LogP) is 2.27. The van der Waals surface area contributed by atoms with Crippen LogP contribution in [0, 0.1) is 16.7 Å². The number of likely N-dealkylation sites (tertiary alicyclic amines) is 1. The fourth-order valence-corrected chi connectivity index (χ4v) is 4.99. The number of benzene rings is 1. The van der Waals surface area contributed by atoms with Crippen molar-refractivity contribution in [3.8, 4) is 6.07 Å². The number of pyridine rings is 1. The van der Waals surface area contributed by atoms with Gasteiger partial charge in [-0.2, -0.15) is 5.26 Å². The van der Waals surface area contributed by atoms with Gasteiger partial charge in [-0.3, -0.25) is 9.59 Å². The Balaban J connectivity index is 1.56. The summed E-state index contributed by atoms with van der Waals surface area (Å²) >= 11 is 0. The van der Waals surface area contributed by atoms with Gasteiger partial charge in [0.2, 0.25) is 5.91 Å². The molecule has 1 aromatic heterocycles. The monoisotopic (exact) mass is 403 g/mol. The van der Waals surface area contributed by atoms with Crippen molar-refractivity contribution < 1.29 is 14.4 Å². The molecule has 30 heavy (non-hydrogen) atoms. The number of carbonyl (C=O) groups is 3. The van der Waals surface area contributed by atoms with E-state index in [0.717, 1.165) is 0 Å². The summed E-state index contributed by atoms with van der Waals surface area (Å²) < 4.78 is 0. The number of fused-ring (bicyclic) bond motifs is 6. The van der Waals surface area contributed by atoms with Gasteiger partial charge in [0.1, 0.15) is 17.8 Å². The van der Waals surface area contributed by atoms with Gasteiger partial charge in [-0.15, -0.1) is 0 Å². The molecule has 2 aromatic rings. The van der Waals surface area contributed by atoms with Gasteiger partial charge < -0.3 is 9.80 Å². The number of rotatable bonds is 1. The Labute approximate surface area is 173 Å². The van der Waals surface area contributed by atoms with E-state index in [-0.39, 0.29) is 35.6 Å². The Morgan fingerprint density at radius 2 is 1.90 bits per heavy atom. The van der Waals surface area contributed by atoms with Crippen LogP contribution < -0.4 is 4.90 Å². The standard InChI is InChI=1S/C22H21N5O3/c1-22(2,3)20(29)25-11-12-8-16(25)18-19(28)27(21(30)26(12)18)17-10-24-15(9-23)13-6-4-5-7-14(13)17/h4-7,10,12,16,18H,8,11H2,1-3H3/t12?,16?,18-/m0/s1. The maximum Gasteiger partial charge on any atom is 0.332 e. The number of nitriles is 1. The average Bonchev–Trinajstić information content (AvgIpc) is 3.37. The number of piperazine rings is 1. The number of amides is 4. The maximum absolute atomic E-state index is 13.4. The van der Waals surface area contributed by atoms with E-state index in [2.05, 4.69) is 11.1 Å². The van der Waals surface area contributed by atoms with Gasteiger partial charge in [0.15, 0.2) is 0 Å². The summed E-state index contributed by atoms with van der Waals surface area (Å²) in [5.74, 6) is -0.339. The summed E-state index contributed by atoms with van der Waals surface area (Å²) in [7, 11) is 0. The number of imide groups is 1. The second kappa shape index (κ2) is 6.02. The first-order valence-corrected chi connectivity index (χ1v) is 9.99. The Morgan fingerprint density at radius 1 is 1.20 bits per heavy atom. The second-order valence-electron chi connectivity index (χ2n) is 9.12. The first-order chi connectivity index (χ1) is 14.2. The number of carbonyl (C=O) groups excluding carboxylic acids is 3. The van der Waals surface area contributed by atoms with Crippen molar-refractivity contribution in [1.82, 2.24) is 14.8 Å². The zero-order chi connectivity index (χ0) is 21.4. The molecule has 3 fully saturated rings. The number of urea groups is 1. The lowest BCUT2D eigenvalue weighted by Crippen LogP contribution is -2.56. The molecule has 0 N–H and O–H groups in total. The third kappa shape index (κ3) is 2.32. The van der Waals surface area contributed by atoms with E-state index < -0.39 is 11.5 Å². The van der Waals surface area contributed by atoms with Crippen molar-refractivity contribution in [2.24, 2.45) is 5.41 Å². The van der Waals surface area contributed by atoms with Crippen molar-refractivity contribution >= 4 is 34.3 Å². The molecule has 0 radical (unpaired) electrons. The van der Waals surface area contributed by atoms with Crippen molar-refractivity contribution in [3.63, 3.8) is 0 Å². The first kappa shape index (κ1) is 18.6. The molecule has 8 nitrogen and oxygen atoms in total. The molecule has 3 saturated heterocycles. The minimum Gasteiger partial charge on any atom is -0.334 e. The van der Waals surface area contributed by atoms with Crippen molar-refractivity contribution in [2.75, 3.05) is 11.4 Å². The Kier molecular flexibility index (Phi) is 3.72. The first-order valence-electron chi connectivity index (χ1n) is 9.99. The molecule has 4 heterocycles. The fraction of sp³-hybridized carbons (Fsp3) is 0.409. The molecule has 3 aliphatic rings. The highest BCUT2D eigenvalue weighted by molar-refractivity contribution is 6.25. The molecule has 0 saturated carbocycles. The van der Waals surface area contributed by atoms with Crippen LogP contribution in [0.15, 0.2) is 30.5 Å². The smallest absolute Gasteiger partial charge is 0.332 e. The third-order valence-electron chi connectivity index (χ3n) is 6.29. The van der Waals surface area contributed by atoms with Crippen LogP contribution in [0.4, 0.5) is 10.5 Å². The third-order valence-corrected chi connectivity index (χ3v) is 6.29. The van der Waals surface area contributed by atoms with Crippen LogP contribution in [0.5, 0.6) is 0 Å². The van der Waals surface area contributed by atoms with E-state index >= 15 is 0 Å². The van der Waals surface area contributed by atoms with E-state index in [1.165, 1.54) is 11.1 Å². The van der Waals surface area contributed by atoms with E-state index in [9.17, 15) is 19.6 Å². The molecule has 152 valence electrons. The summed E-state index contributed by atoms with van der Waals surface area (Å²) in [5.41, 5.74) is 0.0755. The van der Waals surface area contributed by atoms with E-state index in [0.29, 0.717) is 29.4 Å². The number of anilines is 1. The van der Waals surface area contributed by atoms with Crippen LogP contribution in [-0.2, 0) is 9.59 Å². The molecule has 0 aliphatic carbocycles. The molecule has 3 aliphatic heterocycles. The highest BCUT2D eigenvalue weighted by Gasteiger charge is 2.63. The lowest BCUT2D eigenvalue weighted by atomic mass is 9.93. The molecular weight excluding hydrogens is 382 g/mol. The van der Waals surface area contributed by atoms with Crippen LogP contribution >= 0.6 is 0 Å². The Hall–Kier alpha value is -3.47. The zero-order valence-electron chi connectivity index (χ0n) is 17.0. The zero-order valence-corrected chi connectivity index (χ0v) is 17.0. The normalized spacial score (nSPS) is 25.3. The molecule has 2 unspecified atom stereocenters. The molecule has 3 atom stereocenters. The maximum atomic E-state index is 13.4. The van der Waals surface area contributed by atoms with E-state index in [1.54, 1.807) is 34.1 Å². The van der Waals surface area contributed by atoms with Crippen LogP contribution in [0.25, 0.3) is 10.8 Å². The molecule has 2 bridgehead atoms. The molecule has 1 aromatic carbocycles. The molecule has 8 heteroatoms. The Bertz CT molecular complexity index is 1160. The highest BCUT2D eigenvalue weighted by Crippen LogP contribution is 2.44. The molecule has 0 spiro atoms.